The Balaban J connectivity index is 2.63. The van der Waals surface area contributed by atoms with Gasteiger partial charge in [0.05, 0.1) is 31.5 Å². The van der Waals surface area contributed by atoms with Crippen LogP contribution >= 0.6 is 0 Å². The molecule has 7 heteroatoms. The number of rotatable bonds is 3. The summed E-state index contributed by atoms with van der Waals surface area (Å²) in [5.41, 5.74) is -2.84. The Hall–Kier alpha value is -2.18. The van der Waals surface area contributed by atoms with Crippen LogP contribution in [0.5, 0.6) is 0 Å². The number of ketones is 1. The molecule has 3 rings (SSSR count). The molecule has 1 saturated carbocycles. The summed E-state index contributed by atoms with van der Waals surface area (Å²) in [6, 6.07) is 0. The third-order valence-corrected chi connectivity index (χ3v) is 4.90. The van der Waals surface area contributed by atoms with Crippen LogP contribution in [0.2, 0.25) is 0 Å². The van der Waals surface area contributed by atoms with E-state index in [1.807, 2.05) is 0 Å². The number of hydrogen-bond acceptors (Lipinski definition) is 7. The quantitative estimate of drug-likeness (QED) is 0.427. The first-order chi connectivity index (χ1) is 10.6. The monoisotopic (exact) mass is 324 g/mol. The van der Waals surface area contributed by atoms with Crippen molar-refractivity contribution >= 4 is 23.7 Å². The summed E-state index contributed by atoms with van der Waals surface area (Å²) in [6.07, 6.45) is 3.23. The lowest BCUT2D eigenvalue weighted by Gasteiger charge is -2.54. The van der Waals surface area contributed by atoms with Gasteiger partial charge in [0.1, 0.15) is 0 Å². The van der Waals surface area contributed by atoms with Gasteiger partial charge in [0.2, 0.25) is 0 Å². The molecule has 0 aromatic heterocycles. The van der Waals surface area contributed by atoms with E-state index >= 15 is 0 Å². The molecule has 5 atom stereocenters. The standard InChI is InChI=1S/C16H20O7/c1-8(17)23-16(3)9-6-7-15(2,14(16)20)11(13(19)22-5)10(9)12(18)21-4/h6-7,9-11H,1-5H3/t9-,10+,11-,15+,16+/m0/s1. The molecule has 2 bridgehead atoms. The zero-order chi connectivity index (χ0) is 17.6. The molecule has 3 aliphatic rings. The number of ether oxygens (including phenoxy) is 3. The van der Waals surface area contributed by atoms with Crippen molar-refractivity contribution in [1.29, 1.82) is 0 Å². The van der Waals surface area contributed by atoms with Crippen molar-refractivity contribution in [1.82, 2.24) is 0 Å². The molecule has 0 heterocycles. The molecular formula is C16H20O7. The highest BCUT2D eigenvalue weighted by Gasteiger charge is 2.69. The maximum Gasteiger partial charge on any atom is 0.310 e. The molecule has 7 nitrogen and oxygen atoms in total. The summed E-state index contributed by atoms with van der Waals surface area (Å²) < 4.78 is 14.9. The summed E-state index contributed by atoms with van der Waals surface area (Å²) in [5, 5.41) is 0. The minimum absolute atomic E-state index is 0.428. The van der Waals surface area contributed by atoms with Crippen molar-refractivity contribution in [3.05, 3.63) is 12.2 Å². The summed E-state index contributed by atoms with van der Waals surface area (Å²) in [5.74, 6) is -5.16. The summed E-state index contributed by atoms with van der Waals surface area (Å²) in [4.78, 5) is 49.0. The number of methoxy groups -OCH3 is 2. The second-order valence-electron chi connectivity index (χ2n) is 6.25. The highest BCUT2D eigenvalue weighted by atomic mass is 16.6. The van der Waals surface area contributed by atoms with Gasteiger partial charge in [-0.05, 0) is 13.8 Å². The summed E-state index contributed by atoms with van der Waals surface area (Å²) >= 11 is 0. The molecular weight excluding hydrogens is 304 g/mol. The average Bonchev–Trinajstić information content (AvgIpc) is 2.49. The van der Waals surface area contributed by atoms with Crippen LogP contribution in [0.15, 0.2) is 12.2 Å². The molecule has 0 saturated heterocycles. The molecule has 23 heavy (non-hydrogen) atoms. The van der Waals surface area contributed by atoms with Gasteiger partial charge in [0.15, 0.2) is 11.4 Å². The van der Waals surface area contributed by atoms with Crippen molar-refractivity contribution in [2.45, 2.75) is 26.4 Å². The van der Waals surface area contributed by atoms with Crippen LogP contribution in [0.4, 0.5) is 0 Å². The number of carbonyl (C=O) groups is 4. The highest BCUT2D eigenvalue weighted by molar-refractivity contribution is 6.03. The van der Waals surface area contributed by atoms with Crippen LogP contribution in [-0.2, 0) is 33.4 Å². The summed E-state index contributed by atoms with van der Waals surface area (Å²) in [6.45, 7) is 4.20. The van der Waals surface area contributed by atoms with Crippen molar-refractivity contribution < 1.29 is 33.4 Å². The number of carbonyl (C=O) groups excluding carboxylic acids is 4. The number of hydrogen-bond donors (Lipinski definition) is 0. The Bertz CT molecular complexity index is 608. The SMILES string of the molecule is COC(=O)[C@H]1[C@@H](C(=O)OC)[C@@]2(C)C=C[C@@H]1[C@@](C)(OC(C)=O)C2=O. The lowest BCUT2D eigenvalue weighted by Crippen LogP contribution is -2.68. The molecule has 0 radical (unpaired) electrons. The second-order valence-corrected chi connectivity index (χ2v) is 6.25. The van der Waals surface area contributed by atoms with E-state index in [1.54, 1.807) is 19.1 Å². The number of esters is 3. The van der Waals surface area contributed by atoms with Crippen LogP contribution in [0.25, 0.3) is 0 Å². The van der Waals surface area contributed by atoms with Gasteiger partial charge in [0, 0.05) is 12.8 Å². The Morgan fingerprint density at radius 1 is 1.09 bits per heavy atom. The van der Waals surface area contributed by atoms with E-state index < -0.39 is 52.5 Å². The molecule has 0 amide bonds. The highest BCUT2D eigenvalue weighted by Crippen LogP contribution is 2.56. The Morgan fingerprint density at radius 2 is 1.65 bits per heavy atom. The van der Waals surface area contributed by atoms with Crippen molar-refractivity contribution in [2.75, 3.05) is 14.2 Å². The molecule has 1 fully saturated rings. The fourth-order valence-electron chi connectivity index (χ4n) is 3.89. The maximum atomic E-state index is 13.0. The van der Waals surface area contributed by atoms with E-state index in [0.717, 1.165) is 0 Å². The third kappa shape index (κ3) is 2.26. The Kier molecular flexibility index (Phi) is 4.09. The average molecular weight is 324 g/mol. The van der Waals surface area contributed by atoms with E-state index in [2.05, 4.69) is 0 Å². The predicted molar refractivity (Wildman–Crippen MR) is 76.9 cm³/mol. The van der Waals surface area contributed by atoms with Gasteiger partial charge < -0.3 is 14.2 Å². The van der Waals surface area contributed by atoms with Gasteiger partial charge in [-0.2, -0.15) is 0 Å². The zero-order valence-electron chi connectivity index (χ0n) is 13.7. The summed E-state index contributed by atoms with van der Waals surface area (Å²) in [7, 11) is 2.40. The third-order valence-electron chi connectivity index (χ3n) is 4.90. The molecule has 0 aliphatic heterocycles. The van der Waals surface area contributed by atoms with E-state index in [4.69, 9.17) is 14.2 Å². The van der Waals surface area contributed by atoms with Gasteiger partial charge >= 0.3 is 17.9 Å². The topological polar surface area (TPSA) is 96.0 Å². The van der Waals surface area contributed by atoms with Crippen LogP contribution in [-0.4, -0.2) is 43.5 Å². The van der Waals surface area contributed by atoms with Gasteiger partial charge in [0.25, 0.3) is 0 Å². The Morgan fingerprint density at radius 3 is 2.13 bits per heavy atom. The lowest BCUT2D eigenvalue weighted by atomic mass is 9.49. The molecule has 126 valence electrons. The minimum atomic E-state index is -1.53. The second kappa shape index (κ2) is 5.47. The maximum absolute atomic E-state index is 13.0. The van der Waals surface area contributed by atoms with Crippen molar-refractivity contribution in [3.8, 4) is 0 Å². The van der Waals surface area contributed by atoms with Crippen molar-refractivity contribution in [2.24, 2.45) is 23.2 Å². The van der Waals surface area contributed by atoms with E-state index in [9.17, 15) is 19.2 Å². The van der Waals surface area contributed by atoms with E-state index in [1.165, 1.54) is 28.1 Å². The molecule has 3 aliphatic carbocycles. The predicted octanol–water partition coefficient (Wildman–Crippen LogP) is 0.662. The van der Waals surface area contributed by atoms with Crippen molar-refractivity contribution in [3.63, 3.8) is 0 Å². The fraction of sp³-hybridized carbons (Fsp3) is 0.625. The van der Waals surface area contributed by atoms with Gasteiger partial charge in [-0.3, -0.25) is 19.2 Å². The number of fused-ring (bicyclic) bond motifs is 2. The first-order valence-electron chi connectivity index (χ1n) is 7.23. The molecule has 0 spiro atoms. The van der Waals surface area contributed by atoms with E-state index in [0.29, 0.717) is 0 Å². The normalized spacial score (nSPS) is 38.1. The zero-order valence-corrected chi connectivity index (χ0v) is 13.7. The first kappa shape index (κ1) is 17.2. The molecule has 0 aromatic carbocycles. The van der Waals surface area contributed by atoms with E-state index in [-0.39, 0.29) is 0 Å². The van der Waals surface area contributed by atoms with Gasteiger partial charge in [-0.15, -0.1) is 0 Å². The van der Waals surface area contributed by atoms with Crippen LogP contribution in [0.3, 0.4) is 0 Å². The molecule has 0 aromatic rings. The first-order valence-corrected chi connectivity index (χ1v) is 7.23. The van der Waals surface area contributed by atoms with Crippen LogP contribution < -0.4 is 0 Å². The van der Waals surface area contributed by atoms with Crippen LogP contribution in [0, 0.1) is 23.2 Å². The fourth-order valence-corrected chi connectivity index (χ4v) is 3.89. The lowest BCUT2D eigenvalue weighted by molar-refractivity contribution is -0.198. The number of allylic oxidation sites excluding steroid dienone is 1. The molecule has 0 N–H and O–H groups in total. The number of Topliss-reactive ketones (excluding diaryl/α,β-unsaturated/α-hetero) is 1. The molecule has 0 unspecified atom stereocenters. The van der Waals surface area contributed by atoms with Gasteiger partial charge in [-0.25, -0.2) is 0 Å². The largest absolute Gasteiger partial charge is 0.469 e. The van der Waals surface area contributed by atoms with Crippen LogP contribution in [0.1, 0.15) is 20.8 Å². The Labute approximate surface area is 133 Å². The van der Waals surface area contributed by atoms with Gasteiger partial charge in [-0.1, -0.05) is 12.2 Å². The minimum Gasteiger partial charge on any atom is -0.469 e. The smallest absolute Gasteiger partial charge is 0.310 e.